The SMILES string of the molecule is C=c1[nH]c(=O)/c(=C/c2ccc(C)cc2)[nH]1. The maximum Gasteiger partial charge on any atom is 0.273 e. The summed E-state index contributed by atoms with van der Waals surface area (Å²) in [6.45, 7) is 5.65. The van der Waals surface area contributed by atoms with Crippen LogP contribution in [0.2, 0.25) is 0 Å². The van der Waals surface area contributed by atoms with Gasteiger partial charge in [0.2, 0.25) is 0 Å². The Hall–Kier alpha value is -2.03. The van der Waals surface area contributed by atoms with E-state index in [0.717, 1.165) is 5.56 Å². The number of hydrogen-bond donors (Lipinski definition) is 2. The van der Waals surface area contributed by atoms with Gasteiger partial charge in [-0.05, 0) is 18.6 Å². The number of aromatic nitrogens is 2. The fourth-order valence-corrected chi connectivity index (χ4v) is 1.39. The molecule has 2 rings (SSSR count). The van der Waals surface area contributed by atoms with Crippen LogP contribution >= 0.6 is 0 Å². The van der Waals surface area contributed by atoms with Gasteiger partial charge in [-0.2, -0.15) is 0 Å². The highest BCUT2D eigenvalue weighted by atomic mass is 16.1. The normalized spacial score (nSPS) is 11.9. The van der Waals surface area contributed by atoms with Crippen molar-refractivity contribution in [1.29, 1.82) is 0 Å². The Morgan fingerprint density at radius 3 is 2.40 bits per heavy atom. The molecule has 76 valence electrons. The van der Waals surface area contributed by atoms with Crippen LogP contribution in [0.4, 0.5) is 0 Å². The Balaban J connectivity index is 2.55. The number of aryl methyl sites for hydroxylation is 1. The van der Waals surface area contributed by atoms with Crippen LogP contribution in [0.5, 0.6) is 0 Å². The van der Waals surface area contributed by atoms with Crippen LogP contribution in [-0.2, 0) is 0 Å². The van der Waals surface area contributed by atoms with E-state index in [2.05, 4.69) is 16.5 Å². The highest BCUT2D eigenvalue weighted by molar-refractivity contribution is 5.48. The molecule has 0 aliphatic rings. The molecule has 0 spiro atoms. The molecule has 0 aliphatic carbocycles. The minimum absolute atomic E-state index is 0.138. The largest absolute Gasteiger partial charge is 0.338 e. The quantitative estimate of drug-likeness (QED) is 0.681. The van der Waals surface area contributed by atoms with Crippen LogP contribution < -0.4 is 16.4 Å². The van der Waals surface area contributed by atoms with E-state index in [1.807, 2.05) is 31.2 Å². The van der Waals surface area contributed by atoms with Crippen molar-refractivity contribution in [2.24, 2.45) is 0 Å². The minimum Gasteiger partial charge on any atom is -0.338 e. The van der Waals surface area contributed by atoms with Crippen LogP contribution in [0, 0.1) is 6.92 Å². The summed E-state index contributed by atoms with van der Waals surface area (Å²) in [6.07, 6.45) is 1.80. The lowest BCUT2D eigenvalue weighted by Gasteiger charge is -1.92. The zero-order valence-corrected chi connectivity index (χ0v) is 8.50. The Labute approximate surface area is 86.8 Å². The Morgan fingerprint density at radius 2 is 1.87 bits per heavy atom. The average Bonchev–Trinajstić information content (AvgIpc) is 2.49. The highest BCUT2D eigenvalue weighted by Crippen LogP contribution is 2.02. The fourth-order valence-electron chi connectivity index (χ4n) is 1.39. The molecule has 0 aliphatic heterocycles. The third-order valence-corrected chi connectivity index (χ3v) is 2.18. The van der Waals surface area contributed by atoms with Crippen molar-refractivity contribution < 1.29 is 0 Å². The van der Waals surface area contributed by atoms with Gasteiger partial charge in [-0.1, -0.05) is 36.4 Å². The second-order valence-electron chi connectivity index (χ2n) is 3.53. The Bertz CT molecular complexity index is 617. The van der Waals surface area contributed by atoms with Crippen molar-refractivity contribution in [3.63, 3.8) is 0 Å². The number of H-pyrrole nitrogens is 2. The maximum absolute atomic E-state index is 11.4. The third-order valence-electron chi connectivity index (χ3n) is 2.18. The number of benzene rings is 1. The van der Waals surface area contributed by atoms with Crippen molar-refractivity contribution in [3.05, 3.63) is 56.6 Å². The van der Waals surface area contributed by atoms with Gasteiger partial charge in [0.05, 0.1) is 0 Å². The molecule has 0 radical (unpaired) electrons. The number of hydrogen-bond acceptors (Lipinski definition) is 1. The number of imidazole rings is 1. The minimum atomic E-state index is -0.138. The molecule has 2 N–H and O–H groups in total. The predicted molar refractivity (Wildman–Crippen MR) is 60.9 cm³/mol. The molecule has 0 unspecified atom stereocenters. The molecule has 0 bridgehead atoms. The molecule has 0 saturated carbocycles. The van der Waals surface area contributed by atoms with Gasteiger partial charge in [0.1, 0.15) is 10.8 Å². The molecule has 3 heteroatoms. The van der Waals surface area contributed by atoms with E-state index in [-0.39, 0.29) is 5.56 Å². The van der Waals surface area contributed by atoms with Gasteiger partial charge in [-0.3, -0.25) is 4.79 Å². The molecular formula is C12H12N2O. The zero-order valence-electron chi connectivity index (χ0n) is 8.50. The molecule has 2 aromatic rings. The van der Waals surface area contributed by atoms with Crippen LogP contribution in [0.1, 0.15) is 11.1 Å². The summed E-state index contributed by atoms with van der Waals surface area (Å²) in [5, 5.41) is 0.531. The van der Waals surface area contributed by atoms with Gasteiger partial charge in [-0.15, -0.1) is 0 Å². The summed E-state index contributed by atoms with van der Waals surface area (Å²) in [6, 6.07) is 7.96. The maximum atomic E-state index is 11.4. The van der Waals surface area contributed by atoms with Crippen LogP contribution in [0.15, 0.2) is 29.1 Å². The molecule has 0 atom stereocenters. The van der Waals surface area contributed by atoms with Crippen molar-refractivity contribution in [2.75, 3.05) is 0 Å². The van der Waals surface area contributed by atoms with Gasteiger partial charge in [-0.25, -0.2) is 0 Å². The molecular weight excluding hydrogens is 188 g/mol. The van der Waals surface area contributed by atoms with Crippen LogP contribution in [-0.4, -0.2) is 9.97 Å². The average molecular weight is 200 g/mol. The first-order valence-electron chi connectivity index (χ1n) is 4.71. The zero-order chi connectivity index (χ0) is 10.8. The summed E-state index contributed by atoms with van der Waals surface area (Å²) in [5.74, 6) is 0. The van der Waals surface area contributed by atoms with Crippen molar-refractivity contribution in [1.82, 2.24) is 9.97 Å². The van der Waals surface area contributed by atoms with Gasteiger partial charge in [0.25, 0.3) is 5.56 Å². The first-order valence-corrected chi connectivity index (χ1v) is 4.71. The summed E-state index contributed by atoms with van der Waals surface area (Å²) in [7, 11) is 0. The summed E-state index contributed by atoms with van der Waals surface area (Å²) >= 11 is 0. The standard InChI is InChI=1S/C12H12N2O/c1-8-3-5-10(6-4-8)7-11-12(15)14-9(2)13-11/h3-7,13H,2H2,1H3,(H,14,15)/b11-7-. The molecule has 1 heterocycles. The van der Waals surface area contributed by atoms with Crippen molar-refractivity contribution in [3.8, 4) is 0 Å². The molecule has 3 nitrogen and oxygen atoms in total. The van der Waals surface area contributed by atoms with Crippen LogP contribution in [0.3, 0.4) is 0 Å². The van der Waals surface area contributed by atoms with Gasteiger partial charge >= 0.3 is 0 Å². The predicted octanol–water partition coefficient (Wildman–Crippen LogP) is 0.251. The molecule has 0 amide bonds. The van der Waals surface area contributed by atoms with Crippen LogP contribution in [0.25, 0.3) is 12.7 Å². The van der Waals surface area contributed by atoms with E-state index in [0.29, 0.717) is 10.8 Å². The van der Waals surface area contributed by atoms with Gasteiger partial charge in [0.15, 0.2) is 0 Å². The number of rotatable bonds is 1. The van der Waals surface area contributed by atoms with E-state index in [1.165, 1.54) is 5.56 Å². The molecule has 0 saturated heterocycles. The first kappa shape index (κ1) is 9.52. The molecule has 15 heavy (non-hydrogen) atoms. The Morgan fingerprint density at radius 1 is 1.20 bits per heavy atom. The lowest BCUT2D eigenvalue weighted by Crippen LogP contribution is -2.22. The smallest absolute Gasteiger partial charge is 0.273 e. The van der Waals surface area contributed by atoms with Gasteiger partial charge < -0.3 is 9.97 Å². The molecule has 0 fully saturated rings. The second-order valence-corrected chi connectivity index (χ2v) is 3.53. The molecule has 1 aromatic carbocycles. The third kappa shape index (κ3) is 2.07. The van der Waals surface area contributed by atoms with E-state index in [9.17, 15) is 4.79 Å². The van der Waals surface area contributed by atoms with E-state index < -0.39 is 0 Å². The van der Waals surface area contributed by atoms with E-state index in [4.69, 9.17) is 0 Å². The lowest BCUT2D eigenvalue weighted by molar-refractivity contribution is 1.19. The van der Waals surface area contributed by atoms with Gasteiger partial charge in [0, 0.05) is 0 Å². The number of aromatic amines is 2. The lowest BCUT2D eigenvalue weighted by atomic mass is 10.1. The topological polar surface area (TPSA) is 48.6 Å². The summed E-state index contributed by atoms with van der Waals surface area (Å²) < 4.78 is 0. The van der Waals surface area contributed by atoms with E-state index >= 15 is 0 Å². The van der Waals surface area contributed by atoms with Crippen molar-refractivity contribution >= 4 is 12.7 Å². The monoisotopic (exact) mass is 200 g/mol. The molecule has 1 aromatic heterocycles. The van der Waals surface area contributed by atoms with Crippen molar-refractivity contribution in [2.45, 2.75) is 6.92 Å². The summed E-state index contributed by atoms with van der Waals surface area (Å²) in [4.78, 5) is 16.8. The fraction of sp³-hybridized carbons (Fsp3) is 0.0833. The van der Waals surface area contributed by atoms with E-state index in [1.54, 1.807) is 6.08 Å². The highest BCUT2D eigenvalue weighted by Gasteiger charge is 1.92. The Kier molecular flexibility index (Phi) is 2.29. The summed E-state index contributed by atoms with van der Waals surface area (Å²) in [5.41, 5.74) is 2.58. The second kappa shape index (κ2) is 3.61. The first-order chi connectivity index (χ1) is 7.15. The number of nitrogens with one attached hydrogen (secondary N) is 2.